The Bertz CT molecular complexity index is 939. The first-order chi connectivity index (χ1) is 13.7. The van der Waals surface area contributed by atoms with Gasteiger partial charge in [0.15, 0.2) is 0 Å². The van der Waals surface area contributed by atoms with Crippen LogP contribution in [0.1, 0.15) is 53.0 Å². The van der Waals surface area contributed by atoms with Crippen LogP contribution in [-0.4, -0.2) is 34.4 Å². The van der Waals surface area contributed by atoms with Crippen molar-refractivity contribution < 1.29 is 13.9 Å². The molecule has 0 radical (unpaired) electrons. The number of carbonyl (C=O) groups is 1. The molecule has 1 atom stereocenters. The Morgan fingerprint density at radius 3 is 2.96 bits per heavy atom. The van der Waals surface area contributed by atoms with Crippen LogP contribution >= 0.6 is 0 Å². The number of carbonyl (C=O) groups excluding carboxylic acids is 1. The summed E-state index contributed by atoms with van der Waals surface area (Å²) in [7, 11) is 1.65. The first-order valence-corrected chi connectivity index (χ1v) is 9.54. The Morgan fingerprint density at radius 1 is 1.21 bits per heavy atom. The second-order valence-electron chi connectivity index (χ2n) is 6.92. The topological polar surface area (TPSA) is 68.5 Å². The summed E-state index contributed by atoms with van der Waals surface area (Å²) in [6, 6.07) is 13.1. The van der Waals surface area contributed by atoms with Gasteiger partial charge in [0.2, 0.25) is 5.89 Å². The molecule has 0 spiro atoms. The number of rotatable bonds is 5. The molecule has 1 unspecified atom stereocenters. The molecular formula is C22H23N3O3. The Hall–Kier alpha value is -3.15. The molecule has 0 N–H and O–H groups in total. The quantitative estimate of drug-likeness (QED) is 0.671. The number of nitrogens with zero attached hydrogens (tertiary/aromatic N) is 3. The lowest BCUT2D eigenvalue weighted by atomic mass is 10.0. The molecule has 144 valence electrons. The summed E-state index contributed by atoms with van der Waals surface area (Å²) in [5.74, 6) is 2.12. The van der Waals surface area contributed by atoms with Crippen LogP contribution in [0.4, 0.5) is 0 Å². The predicted molar refractivity (Wildman–Crippen MR) is 104 cm³/mol. The van der Waals surface area contributed by atoms with E-state index in [0.717, 1.165) is 36.3 Å². The van der Waals surface area contributed by atoms with Gasteiger partial charge in [-0.1, -0.05) is 18.2 Å². The van der Waals surface area contributed by atoms with Gasteiger partial charge in [-0.3, -0.25) is 9.78 Å². The maximum Gasteiger partial charge on any atom is 0.273 e. The normalized spacial score (nSPS) is 16.8. The van der Waals surface area contributed by atoms with Crippen LogP contribution in [0.15, 0.2) is 59.3 Å². The third-order valence-electron chi connectivity index (χ3n) is 5.02. The molecule has 1 fully saturated rings. The van der Waals surface area contributed by atoms with E-state index < -0.39 is 0 Å². The minimum atomic E-state index is -0.151. The van der Waals surface area contributed by atoms with Gasteiger partial charge >= 0.3 is 0 Å². The molecule has 4 rings (SSSR count). The van der Waals surface area contributed by atoms with Crippen molar-refractivity contribution in [3.8, 4) is 5.75 Å². The fourth-order valence-corrected chi connectivity index (χ4v) is 3.61. The highest BCUT2D eigenvalue weighted by molar-refractivity contribution is 5.92. The summed E-state index contributed by atoms with van der Waals surface area (Å²) in [6.07, 6.45) is 6.90. The first-order valence-electron chi connectivity index (χ1n) is 9.54. The highest BCUT2D eigenvalue weighted by Gasteiger charge is 2.32. The Kier molecular flexibility index (Phi) is 5.37. The highest BCUT2D eigenvalue weighted by atomic mass is 16.5. The second kappa shape index (κ2) is 8.25. The molecular weight excluding hydrogens is 354 g/mol. The Morgan fingerprint density at radius 2 is 2.14 bits per heavy atom. The minimum absolute atomic E-state index is 0.0714. The van der Waals surface area contributed by atoms with Gasteiger partial charge in [-0.25, -0.2) is 4.98 Å². The van der Waals surface area contributed by atoms with Crippen molar-refractivity contribution in [2.24, 2.45) is 0 Å². The van der Waals surface area contributed by atoms with Crippen molar-refractivity contribution in [2.75, 3.05) is 13.7 Å². The summed E-state index contributed by atoms with van der Waals surface area (Å²) >= 11 is 0. The third-order valence-corrected chi connectivity index (χ3v) is 5.02. The second-order valence-corrected chi connectivity index (χ2v) is 6.92. The molecule has 1 aromatic carbocycles. The van der Waals surface area contributed by atoms with Gasteiger partial charge in [0, 0.05) is 19.2 Å². The maximum absolute atomic E-state index is 12.9. The van der Waals surface area contributed by atoms with E-state index >= 15 is 0 Å². The van der Waals surface area contributed by atoms with Crippen LogP contribution in [0.3, 0.4) is 0 Å². The van der Waals surface area contributed by atoms with E-state index in [1.165, 1.54) is 0 Å². The molecule has 2 aromatic heterocycles. The van der Waals surface area contributed by atoms with E-state index in [1.807, 2.05) is 41.3 Å². The molecule has 0 bridgehead atoms. The summed E-state index contributed by atoms with van der Waals surface area (Å²) in [4.78, 5) is 23.5. The number of pyridine rings is 1. The van der Waals surface area contributed by atoms with E-state index in [9.17, 15) is 4.79 Å². The SMILES string of the molecule is COc1cccc(Cc2cnc(C3CCCCN3C(=O)c3ccccn3)o2)c1. The fourth-order valence-electron chi connectivity index (χ4n) is 3.61. The van der Waals surface area contributed by atoms with Crippen molar-refractivity contribution in [2.45, 2.75) is 31.7 Å². The summed E-state index contributed by atoms with van der Waals surface area (Å²) in [5, 5.41) is 0. The first kappa shape index (κ1) is 18.2. The number of amides is 1. The number of piperidine rings is 1. The van der Waals surface area contributed by atoms with E-state index in [1.54, 1.807) is 25.6 Å². The lowest BCUT2D eigenvalue weighted by Gasteiger charge is -2.33. The van der Waals surface area contributed by atoms with Crippen molar-refractivity contribution in [3.63, 3.8) is 0 Å². The maximum atomic E-state index is 12.9. The average Bonchev–Trinajstić information content (AvgIpc) is 3.22. The van der Waals surface area contributed by atoms with Crippen molar-refractivity contribution >= 4 is 5.91 Å². The molecule has 0 aliphatic carbocycles. The largest absolute Gasteiger partial charge is 0.497 e. The highest BCUT2D eigenvalue weighted by Crippen LogP contribution is 2.32. The van der Waals surface area contributed by atoms with Crippen LogP contribution in [0.5, 0.6) is 5.75 Å². The number of likely N-dealkylation sites (tertiary alicyclic amines) is 1. The van der Waals surface area contributed by atoms with E-state index in [2.05, 4.69) is 9.97 Å². The number of oxazole rings is 1. The molecule has 1 aliphatic heterocycles. The summed E-state index contributed by atoms with van der Waals surface area (Å²) in [6.45, 7) is 0.688. The van der Waals surface area contributed by atoms with Crippen LogP contribution < -0.4 is 4.74 Å². The molecule has 0 saturated carbocycles. The molecule has 6 heteroatoms. The van der Waals surface area contributed by atoms with Gasteiger partial charge in [0.1, 0.15) is 23.2 Å². The van der Waals surface area contributed by atoms with Crippen LogP contribution in [0.25, 0.3) is 0 Å². The van der Waals surface area contributed by atoms with E-state index in [-0.39, 0.29) is 11.9 Å². The number of aromatic nitrogens is 2. The van der Waals surface area contributed by atoms with Crippen LogP contribution in [0, 0.1) is 0 Å². The number of methoxy groups -OCH3 is 1. The van der Waals surface area contributed by atoms with Gasteiger partial charge < -0.3 is 14.1 Å². The average molecular weight is 377 g/mol. The molecule has 3 heterocycles. The fraction of sp³-hybridized carbons (Fsp3) is 0.318. The standard InChI is InChI=1S/C22H23N3O3/c1-27-17-8-6-7-16(13-17)14-18-15-24-21(28-18)20-10-3-5-12-25(20)22(26)19-9-2-4-11-23-19/h2,4,6-9,11,13,15,20H,3,5,10,12,14H2,1H3. The number of ether oxygens (including phenoxy) is 1. The predicted octanol–water partition coefficient (Wildman–Crippen LogP) is 4.04. The van der Waals surface area contributed by atoms with Crippen LogP contribution in [0.2, 0.25) is 0 Å². The lowest BCUT2D eigenvalue weighted by molar-refractivity contribution is 0.0564. The Balaban J connectivity index is 1.53. The molecule has 28 heavy (non-hydrogen) atoms. The molecule has 1 aliphatic rings. The van der Waals surface area contributed by atoms with Gasteiger partial charge in [0.25, 0.3) is 5.91 Å². The zero-order valence-electron chi connectivity index (χ0n) is 15.9. The van der Waals surface area contributed by atoms with Crippen molar-refractivity contribution in [1.29, 1.82) is 0 Å². The smallest absolute Gasteiger partial charge is 0.273 e. The van der Waals surface area contributed by atoms with E-state index in [4.69, 9.17) is 9.15 Å². The van der Waals surface area contributed by atoms with Crippen molar-refractivity contribution in [1.82, 2.24) is 14.9 Å². The Labute approximate surface area is 164 Å². The molecule has 1 amide bonds. The van der Waals surface area contributed by atoms with Gasteiger partial charge in [-0.2, -0.15) is 0 Å². The molecule has 3 aromatic rings. The van der Waals surface area contributed by atoms with Gasteiger partial charge in [-0.15, -0.1) is 0 Å². The minimum Gasteiger partial charge on any atom is -0.497 e. The molecule has 6 nitrogen and oxygen atoms in total. The van der Waals surface area contributed by atoms with Crippen LogP contribution in [-0.2, 0) is 6.42 Å². The van der Waals surface area contributed by atoms with Crippen molar-refractivity contribution in [3.05, 3.63) is 77.8 Å². The number of hydrogen-bond acceptors (Lipinski definition) is 5. The zero-order valence-corrected chi connectivity index (χ0v) is 15.9. The summed E-state index contributed by atoms with van der Waals surface area (Å²) < 4.78 is 11.3. The summed E-state index contributed by atoms with van der Waals surface area (Å²) in [5.41, 5.74) is 1.55. The number of benzene rings is 1. The molecule has 1 saturated heterocycles. The van der Waals surface area contributed by atoms with E-state index in [0.29, 0.717) is 24.6 Å². The van der Waals surface area contributed by atoms with Gasteiger partial charge in [0.05, 0.1) is 13.3 Å². The van der Waals surface area contributed by atoms with Gasteiger partial charge in [-0.05, 0) is 49.1 Å². The zero-order chi connectivity index (χ0) is 19.3. The lowest BCUT2D eigenvalue weighted by Crippen LogP contribution is -2.39. The third kappa shape index (κ3) is 3.91. The number of hydrogen-bond donors (Lipinski definition) is 0. The monoisotopic (exact) mass is 377 g/mol.